The van der Waals surface area contributed by atoms with Crippen LogP contribution in [0.1, 0.15) is 23.0 Å². The summed E-state index contributed by atoms with van der Waals surface area (Å²) < 4.78 is 11.3. The van der Waals surface area contributed by atoms with Crippen molar-refractivity contribution in [2.45, 2.75) is 11.8 Å². The first-order valence-corrected chi connectivity index (χ1v) is 12.6. The fourth-order valence-corrected chi connectivity index (χ4v) is 4.89. The Balaban J connectivity index is 1.47. The van der Waals surface area contributed by atoms with Gasteiger partial charge in [0.1, 0.15) is 11.5 Å². The molecule has 0 bridgehead atoms. The molecular weight excluding hydrogens is 456 g/mol. The summed E-state index contributed by atoms with van der Waals surface area (Å²) in [6.45, 7) is 0. The smallest absolute Gasteiger partial charge is 0.319 e. The number of thioether (sulfide) groups is 1. The quantitative estimate of drug-likeness (QED) is 0.191. The molecule has 0 saturated heterocycles. The first-order chi connectivity index (χ1) is 17.2. The van der Waals surface area contributed by atoms with Crippen molar-refractivity contribution in [2.75, 3.05) is 11.5 Å². The lowest BCUT2D eigenvalue weighted by Gasteiger charge is -2.19. The van der Waals surface area contributed by atoms with Crippen LogP contribution < -0.4 is 9.47 Å². The van der Waals surface area contributed by atoms with E-state index < -0.39 is 11.8 Å². The van der Waals surface area contributed by atoms with Crippen molar-refractivity contribution in [3.63, 3.8) is 0 Å². The molecule has 0 spiro atoms. The van der Waals surface area contributed by atoms with Crippen LogP contribution in [0.5, 0.6) is 11.5 Å². The number of esters is 2. The molecular formula is C30H26O4S. The molecule has 0 saturated carbocycles. The highest BCUT2D eigenvalue weighted by molar-refractivity contribution is 7.99. The Hall–Kier alpha value is -3.83. The van der Waals surface area contributed by atoms with Gasteiger partial charge in [-0.2, -0.15) is 11.8 Å². The summed E-state index contributed by atoms with van der Waals surface area (Å²) in [5.41, 5.74) is 1.76. The van der Waals surface area contributed by atoms with Crippen molar-refractivity contribution in [2.24, 2.45) is 0 Å². The van der Waals surface area contributed by atoms with Crippen LogP contribution in [0.25, 0.3) is 0 Å². The van der Waals surface area contributed by atoms with E-state index >= 15 is 0 Å². The molecule has 4 nitrogen and oxygen atoms in total. The van der Waals surface area contributed by atoms with Gasteiger partial charge in [-0.25, -0.2) is 0 Å². The van der Waals surface area contributed by atoms with Gasteiger partial charge in [0.25, 0.3) is 0 Å². The summed E-state index contributed by atoms with van der Waals surface area (Å²) in [6.07, 6.45) is 0. The van der Waals surface area contributed by atoms with E-state index in [1.807, 2.05) is 97.1 Å². The first-order valence-electron chi connectivity index (χ1n) is 11.4. The number of hydrogen-bond donors (Lipinski definition) is 0. The van der Waals surface area contributed by atoms with E-state index in [1.54, 1.807) is 24.3 Å². The Bertz CT molecular complexity index is 1100. The molecule has 0 heterocycles. The fraction of sp³-hybridized carbons (Fsp3) is 0.133. The minimum absolute atomic E-state index is 0.321. The second-order valence-electron chi connectivity index (χ2n) is 7.93. The van der Waals surface area contributed by atoms with Crippen molar-refractivity contribution in [1.82, 2.24) is 0 Å². The highest BCUT2D eigenvalue weighted by atomic mass is 32.2. The largest absolute Gasteiger partial charge is 0.426 e. The topological polar surface area (TPSA) is 52.6 Å². The van der Waals surface area contributed by atoms with Crippen LogP contribution in [-0.4, -0.2) is 23.4 Å². The summed E-state index contributed by atoms with van der Waals surface area (Å²) in [7, 11) is 0. The maximum absolute atomic E-state index is 13.1. The lowest BCUT2D eigenvalue weighted by molar-refractivity contribution is -0.136. The highest BCUT2D eigenvalue weighted by Gasteiger charge is 2.27. The molecule has 0 aliphatic rings. The normalized spacial score (nSPS) is 12.3. The van der Waals surface area contributed by atoms with Gasteiger partial charge in [0.15, 0.2) is 0 Å². The Morgan fingerprint density at radius 2 is 0.829 bits per heavy atom. The van der Waals surface area contributed by atoms with Crippen LogP contribution in [0.3, 0.4) is 0 Å². The van der Waals surface area contributed by atoms with Crippen LogP contribution >= 0.6 is 11.8 Å². The molecule has 0 aliphatic carbocycles. The third-order valence-electron chi connectivity index (χ3n) is 5.47. The minimum atomic E-state index is -0.469. The number of hydrogen-bond acceptors (Lipinski definition) is 5. The van der Waals surface area contributed by atoms with Crippen molar-refractivity contribution < 1.29 is 19.1 Å². The molecule has 2 unspecified atom stereocenters. The summed E-state index contributed by atoms with van der Waals surface area (Å²) in [5.74, 6) is 0.381. The van der Waals surface area contributed by atoms with E-state index in [0.29, 0.717) is 23.0 Å². The van der Waals surface area contributed by atoms with Crippen molar-refractivity contribution in [1.29, 1.82) is 0 Å². The van der Waals surface area contributed by atoms with Crippen molar-refractivity contribution >= 4 is 23.7 Å². The van der Waals surface area contributed by atoms with Crippen LogP contribution in [0, 0.1) is 0 Å². The zero-order valence-corrected chi connectivity index (χ0v) is 20.0. The number of benzene rings is 4. The molecule has 5 heteroatoms. The lowest BCUT2D eigenvalue weighted by atomic mass is 10.0. The van der Waals surface area contributed by atoms with E-state index in [4.69, 9.17) is 9.47 Å². The second kappa shape index (κ2) is 12.6. The lowest BCUT2D eigenvalue weighted by Crippen LogP contribution is -2.23. The van der Waals surface area contributed by atoms with E-state index in [2.05, 4.69) is 0 Å². The third-order valence-corrected chi connectivity index (χ3v) is 6.60. The van der Waals surface area contributed by atoms with Gasteiger partial charge < -0.3 is 9.47 Å². The van der Waals surface area contributed by atoms with Crippen LogP contribution in [-0.2, 0) is 9.59 Å². The molecule has 0 fully saturated rings. The van der Waals surface area contributed by atoms with Crippen molar-refractivity contribution in [3.05, 3.63) is 132 Å². The monoisotopic (exact) mass is 482 g/mol. The average molecular weight is 483 g/mol. The first kappa shape index (κ1) is 24.3. The highest BCUT2D eigenvalue weighted by Crippen LogP contribution is 2.29. The van der Waals surface area contributed by atoms with Crippen LogP contribution in [0.2, 0.25) is 0 Å². The number of carbonyl (C=O) groups is 2. The van der Waals surface area contributed by atoms with Gasteiger partial charge in [0, 0.05) is 11.5 Å². The van der Waals surface area contributed by atoms with E-state index in [-0.39, 0.29) is 11.9 Å². The number of para-hydroxylation sites is 2. The molecule has 0 aliphatic heterocycles. The van der Waals surface area contributed by atoms with E-state index in [1.165, 1.54) is 11.8 Å². The Morgan fingerprint density at radius 1 is 0.514 bits per heavy atom. The second-order valence-corrected chi connectivity index (χ2v) is 9.01. The van der Waals surface area contributed by atoms with E-state index in [0.717, 1.165) is 11.1 Å². The van der Waals surface area contributed by atoms with Gasteiger partial charge in [-0.05, 0) is 35.4 Å². The molecule has 176 valence electrons. The van der Waals surface area contributed by atoms with Gasteiger partial charge in [-0.3, -0.25) is 9.59 Å². The maximum atomic E-state index is 13.1. The summed E-state index contributed by atoms with van der Waals surface area (Å²) in [5, 5.41) is 0. The zero-order valence-electron chi connectivity index (χ0n) is 19.2. The number of ether oxygens (including phenoxy) is 2. The molecule has 4 aromatic carbocycles. The molecule has 0 N–H and O–H groups in total. The Kier molecular flexibility index (Phi) is 8.74. The van der Waals surface area contributed by atoms with Gasteiger partial charge in [0.05, 0.1) is 11.8 Å². The summed E-state index contributed by atoms with van der Waals surface area (Å²) in [4.78, 5) is 26.2. The minimum Gasteiger partial charge on any atom is -0.426 e. The number of carbonyl (C=O) groups excluding carboxylic acids is 2. The predicted octanol–water partition coefficient (Wildman–Crippen LogP) is 6.50. The average Bonchev–Trinajstić information content (AvgIpc) is 2.91. The van der Waals surface area contributed by atoms with Crippen LogP contribution in [0.4, 0.5) is 0 Å². The van der Waals surface area contributed by atoms with Gasteiger partial charge >= 0.3 is 11.9 Å². The summed E-state index contributed by atoms with van der Waals surface area (Å²) in [6, 6.07) is 37.3. The third kappa shape index (κ3) is 7.08. The standard InChI is InChI=1S/C30H26O4S/c31-29(33-25-17-9-3-10-18-25)27(23-13-5-1-6-14-23)21-35-22-28(24-15-7-2-8-16-24)30(32)34-26-19-11-4-12-20-26/h1-20,27-28H,21-22H2. The molecule has 0 aromatic heterocycles. The van der Waals surface area contributed by atoms with Gasteiger partial charge in [-0.15, -0.1) is 0 Å². The molecule has 0 radical (unpaired) electrons. The van der Waals surface area contributed by atoms with Gasteiger partial charge in [-0.1, -0.05) is 97.1 Å². The number of rotatable bonds is 10. The molecule has 2 atom stereocenters. The van der Waals surface area contributed by atoms with Crippen LogP contribution in [0.15, 0.2) is 121 Å². The van der Waals surface area contributed by atoms with Gasteiger partial charge in [0.2, 0.25) is 0 Å². The molecule has 4 aromatic rings. The predicted molar refractivity (Wildman–Crippen MR) is 140 cm³/mol. The maximum Gasteiger partial charge on any atom is 0.319 e. The van der Waals surface area contributed by atoms with E-state index in [9.17, 15) is 9.59 Å². The SMILES string of the molecule is O=C(Oc1ccccc1)C(CSCC(C(=O)Oc1ccccc1)c1ccccc1)c1ccccc1. The Labute approximate surface area is 209 Å². The van der Waals surface area contributed by atoms with Crippen molar-refractivity contribution in [3.8, 4) is 11.5 Å². The molecule has 0 amide bonds. The molecule has 4 rings (SSSR count). The zero-order chi connectivity index (χ0) is 24.3. The molecule has 35 heavy (non-hydrogen) atoms. The fourth-order valence-electron chi connectivity index (χ4n) is 3.63. The Morgan fingerprint density at radius 3 is 1.17 bits per heavy atom. The summed E-state index contributed by atoms with van der Waals surface area (Å²) >= 11 is 1.54.